The molecule has 0 heterocycles. The summed E-state index contributed by atoms with van der Waals surface area (Å²) in [7, 11) is -3.88. The highest BCUT2D eigenvalue weighted by molar-refractivity contribution is 7.81. The molecule has 0 atom stereocenters. The Hall–Kier alpha value is -0.210. The van der Waals surface area contributed by atoms with Gasteiger partial charge >= 0.3 is 10.4 Å². The Kier molecular flexibility index (Phi) is 15.9. The van der Waals surface area contributed by atoms with E-state index in [1.165, 1.54) is 0 Å². The first-order chi connectivity index (χ1) is 11.8. The summed E-state index contributed by atoms with van der Waals surface area (Å²) in [6, 6.07) is 0. The van der Waals surface area contributed by atoms with E-state index in [2.05, 4.69) is 27.7 Å². The first-order valence-corrected chi connectivity index (χ1v) is 10.9. The maximum Gasteiger partial charge on any atom is 0.399 e. The highest BCUT2D eigenvalue weighted by Crippen LogP contribution is 2.04. The summed E-state index contributed by atoms with van der Waals surface area (Å²) in [5, 5.41) is 0. The molecule has 0 aliphatic rings. The summed E-state index contributed by atoms with van der Waals surface area (Å²) >= 11 is 0. The van der Waals surface area contributed by atoms with Crippen molar-refractivity contribution in [3.63, 3.8) is 0 Å². The second-order valence-electron chi connectivity index (χ2n) is 7.06. The molecule has 7 heteroatoms. The molecule has 0 unspecified atom stereocenters. The number of hydrogen-bond donors (Lipinski definition) is 0. The summed E-state index contributed by atoms with van der Waals surface area (Å²) in [5.41, 5.74) is 0. The van der Waals surface area contributed by atoms with Crippen molar-refractivity contribution >= 4 is 10.4 Å². The van der Waals surface area contributed by atoms with Crippen molar-refractivity contribution in [2.45, 2.75) is 66.2 Å². The van der Waals surface area contributed by atoms with Gasteiger partial charge in [-0.25, -0.2) is 8.37 Å². The van der Waals surface area contributed by atoms with Crippen LogP contribution in [-0.2, 0) is 28.2 Å². The van der Waals surface area contributed by atoms with E-state index in [4.69, 9.17) is 17.8 Å². The molecule has 0 aromatic heterocycles. The summed E-state index contributed by atoms with van der Waals surface area (Å²) in [5.74, 6) is 1.27. The van der Waals surface area contributed by atoms with E-state index in [1.54, 1.807) is 0 Å². The van der Waals surface area contributed by atoms with Gasteiger partial charge in [-0.1, -0.05) is 27.7 Å². The van der Waals surface area contributed by atoms with Crippen molar-refractivity contribution < 1.29 is 26.3 Å². The molecule has 0 aromatic rings. The van der Waals surface area contributed by atoms with Crippen LogP contribution in [0.15, 0.2) is 0 Å². The average molecular weight is 383 g/mol. The Labute approximate surface area is 154 Å². The standard InChI is InChI=1S/C18H38O6S/c1-17(2)9-15-21-11-5-7-13-23-25(19,20)24-14-8-6-12-22-16-10-18(3)4/h17-18H,5-16H2,1-4H3. The zero-order valence-corrected chi connectivity index (χ0v) is 17.3. The van der Waals surface area contributed by atoms with E-state index < -0.39 is 10.4 Å². The minimum Gasteiger partial charge on any atom is -0.381 e. The molecule has 0 saturated heterocycles. The third-order valence-corrected chi connectivity index (χ3v) is 4.41. The third-order valence-electron chi connectivity index (χ3n) is 3.50. The van der Waals surface area contributed by atoms with Gasteiger partial charge in [0.25, 0.3) is 0 Å². The van der Waals surface area contributed by atoms with Gasteiger partial charge in [0.15, 0.2) is 0 Å². The molecule has 0 aromatic carbocycles. The molecule has 0 bridgehead atoms. The molecule has 0 N–H and O–H groups in total. The van der Waals surface area contributed by atoms with Gasteiger partial charge in [-0.15, -0.1) is 0 Å². The van der Waals surface area contributed by atoms with Crippen LogP contribution in [0.2, 0.25) is 0 Å². The lowest BCUT2D eigenvalue weighted by Crippen LogP contribution is -2.13. The molecule has 0 radical (unpaired) electrons. The van der Waals surface area contributed by atoms with E-state index in [-0.39, 0.29) is 13.2 Å². The maximum atomic E-state index is 11.5. The Bertz CT molecular complexity index is 351. The van der Waals surface area contributed by atoms with E-state index >= 15 is 0 Å². The van der Waals surface area contributed by atoms with Gasteiger partial charge in [-0.3, -0.25) is 0 Å². The fraction of sp³-hybridized carbons (Fsp3) is 1.00. The van der Waals surface area contributed by atoms with Crippen LogP contribution in [0.3, 0.4) is 0 Å². The van der Waals surface area contributed by atoms with E-state index in [0.717, 1.165) is 38.9 Å². The van der Waals surface area contributed by atoms with Gasteiger partial charge in [0, 0.05) is 26.4 Å². The third kappa shape index (κ3) is 20.0. The lowest BCUT2D eigenvalue weighted by molar-refractivity contribution is 0.112. The molecule has 0 rings (SSSR count). The maximum absolute atomic E-state index is 11.5. The number of ether oxygens (including phenoxy) is 2. The highest BCUT2D eigenvalue weighted by atomic mass is 32.3. The molecular weight excluding hydrogens is 344 g/mol. The number of hydrogen-bond acceptors (Lipinski definition) is 6. The van der Waals surface area contributed by atoms with Gasteiger partial charge in [0.2, 0.25) is 0 Å². The van der Waals surface area contributed by atoms with Crippen molar-refractivity contribution in [3.05, 3.63) is 0 Å². The van der Waals surface area contributed by atoms with Crippen LogP contribution in [0.4, 0.5) is 0 Å². The first kappa shape index (κ1) is 24.8. The molecule has 0 saturated carbocycles. The second kappa shape index (κ2) is 16.0. The molecule has 6 nitrogen and oxygen atoms in total. The van der Waals surface area contributed by atoms with Crippen LogP contribution < -0.4 is 0 Å². The predicted molar refractivity (Wildman–Crippen MR) is 99.8 cm³/mol. The molecular formula is C18H38O6S. The quantitative estimate of drug-likeness (QED) is 0.334. The SMILES string of the molecule is CC(C)CCOCCCCOS(=O)(=O)OCCCCOCCC(C)C. The summed E-state index contributed by atoms with van der Waals surface area (Å²) in [6.07, 6.45) is 4.91. The van der Waals surface area contributed by atoms with Crippen molar-refractivity contribution in [1.29, 1.82) is 0 Å². The van der Waals surface area contributed by atoms with Crippen molar-refractivity contribution in [1.82, 2.24) is 0 Å². The Balaban J connectivity index is 3.41. The van der Waals surface area contributed by atoms with Crippen molar-refractivity contribution in [2.75, 3.05) is 39.6 Å². The van der Waals surface area contributed by atoms with E-state index in [0.29, 0.717) is 37.9 Å². The van der Waals surface area contributed by atoms with Crippen LogP contribution in [-0.4, -0.2) is 48.1 Å². The van der Waals surface area contributed by atoms with Gasteiger partial charge in [-0.05, 0) is 50.4 Å². The number of rotatable bonds is 18. The summed E-state index contributed by atoms with van der Waals surface area (Å²) in [6.45, 7) is 11.7. The Morgan fingerprint density at radius 3 is 1.32 bits per heavy atom. The normalized spacial score (nSPS) is 12.4. The lowest BCUT2D eigenvalue weighted by atomic mass is 10.1. The van der Waals surface area contributed by atoms with Gasteiger partial charge in [-0.2, -0.15) is 8.42 Å². The van der Waals surface area contributed by atoms with Crippen LogP contribution in [0.5, 0.6) is 0 Å². The molecule has 0 aliphatic heterocycles. The fourth-order valence-electron chi connectivity index (χ4n) is 1.81. The fourth-order valence-corrected chi connectivity index (χ4v) is 2.52. The summed E-state index contributed by atoms with van der Waals surface area (Å²) in [4.78, 5) is 0. The Morgan fingerprint density at radius 2 is 0.960 bits per heavy atom. The molecule has 0 spiro atoms. The average Bonchev–Trinajstić information content (AvgIpc) is 2.51. The molecule has 0 amide bonds. The van der Waals surface area contributed by atoms with Gasteiger partial charge in [0.1, 0.15) is 0 Å². The molecule has 152 valence electrons. The zero-order chi connectivity index (χ0) is 19.0. The van der Waals surface area contributed by atoms with E-state index in [9.17, 15) is 8.42 Å². The van der Waals surface area contributed by atoms with Crippen LogP contribution in [0, 0.1) is 11.8 Å². The monoisotopic (exact) mass is 382 g/mol. The number of unbranched alkanes of at least 4 members (excludes halogenated alkanes) is 2. The van der Waals surface area contributed by atoms with Crippen LogP contribution in [0.25, 0.3) is 0 Å². The minimum absolute atomic E-state index is 0.133. The van der Waals surface area contributed by atoms with Crippen molar-refractivity contribution in [2.24, 2.45) is 11.8 Å². The topological polar surface area (TPSA) is 71.1 Å². The molecule has 0 aliphatic carbocycles. The molecule has 0 fully saturated rings. The summed E-state index contributed by atoms with van der Waals surface area (Å²) < 4.78 is 43.6. The van der Waals surface area contributed by atoms with Crippen LogP contribution in [0.1, 0.15) is 66.2 Å². The first-order valence-electron chi connectivity index (χ1n) is 9.52. The van der Waals surface area contributed by atoms with Crippen molar-refractivity contribution in [3.8, 4) is 0 Å². The minimum atomic E-state index is -3.88. The van der Waals surface area contributed by atoms with E-state index in [1.807, 2.05) is 0 Å². The van der Waals surface area contributed by atoms with Gasteiger partial charge in [0.05, 0.1) is 13.2 Å². The predicted octanol–water partition coefficient (Wildman–Crippen LogP) is 3.95. The van der Waals surface area contributed by atoms with Gasteiger partial charge < -0.3 is 9.47 Å². The smallest absolute Gasteiger partial charge is 0.381 e. The zero-order valence-electron chi connectivity index (χ0n) is 16.5. The Morgan fingerprint density at radius 1 is 0.600 bits per heavy atom. The largest absolute Gasteiger partial charge is 0.399 e. The lowest BCUT2D eigenvalue weighted by Gasteiger charge is -2.08. The second-order valence-corrected chi connectivity index (χ2v) is 8.34. The highest BCUT2D eigenvalue weighted by Gasteiger charge is 2.11. The van der Waals surface area contributed by atoms with Crippen LogP contribution >= 0.6 is 0 Å². The molecule has 25 heavy (non-hydrogen) atoms.